The van der Waals surface area contributed by atoms with E-state index in [1.165, 1.54) is 41.0 Å². The SMILES string of the molecule is CS(=O)(=O)CC[C@H](NC(=O)c1cc2sccc2s1)C(=O)NC1CCCN(S(=O)(=O)c2ccccn2)CC1=O. The van der Waals surface area contributed by atoms with Crippen molar-refractivity contribution in [2.45, 2.75) is 36.4 Å². The van der Waals surface area contributed by atoms with Crippen LogP contribution in [0.5, 0.6) is 0 Å². The Hall–Kier alpha value is -2.72. The molecule has 3 aromatic heterocycles. The molecule has 0 bridgehead atoms. The average Bonchev–Trinajstić information content (AvgIpc) is 3.42. The van der Waals surface area contributed by atoms with Crippen LogP contribution in [-0.2, 0) is 29.4 Å². The molecule has 3 aromatic rings. The van der Waals surface area contributed by atoms with Crippen LogP contribution in [0.1, 0.15) is 28.9 Å². The molecule has 1 saturated heterocycles. The fourth-order valence-corrected chi connectivity index (χ4v) is 8.02. The van der Waals surface area contributed by atoms with Gasteiger partial charge in [-0.3, -0.25) is 14.4 Å². The van der Waals surface area contributed by atoms with Gasteiger partial charge in [0.1, 0.15) is 15.9 Å². The molecule has 0 aliphatic carbocycles. The fourth-order valence-electron chi connectivity index (χ4n) is 3.97. The summed E-state index contributed by atoms with van der Waals surface area (Å²) in [6.45, 7) is -0.378. The van der Waals surface area contributed by atoms with Crippen molar-refractivity contribution in [2.75, 3.05) is 25.1 Å². The highest BCUT2D eigenvalue weighted by Crippen LogP contribution is 2.30. The van der Waals surface area contributed by atoms with Crippen LogP contribution in [0.4, 0.5) is 0 Å². The Balaban J connectivity index is 1.46. The first-order chi connectivity index (χ1) is 17.9. The molecule has 1 aliphatic heterocycles. The smallest absolute Gasteiger partial charge is 0.262 e. The number of fused-ring (bicyclic) bond motifs is 1. The fraction of sp³-hybridized carbons (Fsp3) is 0.391. The van der Waals surface area contributed by atoms with Crippen molar-refractivity contribution in [1.82, 2.24) is 19.9 Å². The van der Waals surface area contributed by atoms with Crippen LogP contribution in [-0.4, -0.2) is 80.9 Å². The first kappa shape index (κ1) is 28.3. The van der Waals surface area contributed by atoms with Crippen LogP contribution >= 0.6 is 22.7 Å². The minimum Gasteiger partial charge on any atom is -0.344 e. The lowest BCUT2D eigenvalue weighted by Crippen LogP contribution is -2.52. The van der Waals surface area contributed by atoms with Crippen LogP contribution in [0.15, 0.2) is 46.9 Å². The molecule has 0 saturated carbocycles. The first-order valence-corrected chi connectivity index (χ1v) is 16.8. The number of carbonyl (C=O) groups is 3. The number of sulfone groups is 1. The summed E-state index contributed by atoms with van der Waals surface area (Å²) < 4.78 is 52.3. The number of hydrogen-bond acceptors (Lipinski definition) is 10. The number of aromatic nitrogens is 1. The number of ketones is 1. The van der Waals surface area contributed by atoms with E-state index >= 15 is 0 Å². The van der Waals surface area contributed by atoms with Crippen LogP contribution in [0.2, 0.25) is 0 Å². The van der Waals surface area contributed by atoms with Gasteiger partial charge in [-0.2, -0.15) is 4.31 Å². The topological polar surface area (TPSA) is 160 Å². The lowest BCUT2D eigenvalue weighted by molar-refractivity contribution is -0.128. The molecule has 11 nitrogen and oxygen atoms in total. The number of Topliss-reactive ketones (excluding diaryl/α,β-unsaturated/α-hetero) is 1. The minimum atomic E-state index is -4.00. The standard InChI is InChI=1S/C23H26N4O7S4/c1-37(31,32)12-8-16(26-23(30)20-13-19-18(36-20)7-11-35-19)22(29)25-15-5-4-10-27(14-17(15)28)38(33,34)21-6-2-3-9-24-21/h2-3,6-7,9,11,13,15-16H,4-5,8,10,12,14H2,1H3,(H,25,29)(H,26,30)/t15?,16-/m0/s1. The van der Waals surface area contributed by atoms with Gasteiger partial charge in [0.05, 0.1) is 23.2 Å². The summed E-state index contributed by atoms with van der Waals surface area (Å²) in [4.78, 5) is 43.3. The van der Waals surface area contributed by atoms with E-state index in [0.717, 1.165) is 20.0 Å². The molecule has 1 unspecified atom stereocenters. The number of thiophene rings is 2. The van der Waals surface area contributed by atoms with Gasteiger partial charge in [0.25, 0.3) is 15.9 Å². The monoisotopic (exact) mass is 598 g/mol. The van der Waals surface area contributed by atoms with Crippen molar-refractivity contribution in [3.05, 3.63) is 46.8 Å². The van der Waals surface area contributed by atoms with Gasteiger partial charge in [-0.05, 0) is 48.9 Å². The van der Waals surface area contributed by atoms with Gasteiger partial charge in [0, 0.05) is 28.4 Å². The maximum absolute atomic E-state index is 13.2. The number of rotatable bonds is 9. The van der Waals surface area contributed by atoms with Crippen molar-refractivity contribution < 1.29 is 31.2 Å². The maximum Gasteiger partial charge on any atom is 0.262 e. The van der Waals surface area contributed by atoms with E-state index in [1.807, 2.05) is 11.4 Å². The number of pyridine rings is 1. The predicted molar refractivity (Wildman–Crippen MR) is 144 cm³/mol. The zero-order valence-corrected chi connectivity index (χ0v) is 23.6. The highest BCUT2D eigenvalue weighted by molar-refractivity contribution is 7.90. The van der Waals surface area contributed by atoms with Gasteiger partial charge < -0.3 is 10.6 Å². The van der Waals surface area contributed by atoms with E-state index in [0.29, 0.717) is 11.3 Å². The van der Waals surface area contributed by atoms with Crippen LogP contribution < -0.4 is 10.6 Å². The highest BCUT2D eigenvalue weighted by Gasteiger charge is 2.35. The molecule has 0 radical (unpaired) electrons. The molecule has 2 amide bonds. The molecule has 2 N–H and O–H groups in total. The minimum absolute atomic E-state index is 0.0702. The lowest BCUT2D eigenvalue weighted by atomic mass is 10.1. The third kappa shape index (κ3) is 6.83. The first-order valence-electron chi connectivity index (χ1n) is 11.6. The van der Waals surface area contributed by atoms with Gasteiger partial charge in [0.15, 0.2) is 10.8 Å². The summed E-state index contributed by atoms with van der Waals surface area (Å²) in [5.41, 5.74) is 0. The van der Waals surface area contributed by atoms with Gasteiger partial charge in [-0.25, -0.2) is 21.8 Å². The molecular weight excluding hydrogens is 573 g/mol. The second-order valence-electron chi connectivity index (χ2n) is 8.88. The van der Waals surface area contributed by atoms with Crippen LogP contribution in [0.3, 0.4) is 0 Å². The third-order valence-electron chi connectivity index (χ3n) is 5.94. The number of nitrogens with zero attached hydrogens (tertiary/aromatic N) is 2. The Bertz CT molecular complexity index is 1520. The van der Waals surface area contributed by atoms with Crippen LogP contribution in [0.25, 0.3) is 9.40 Å². The van der Waals surface area contributed by atoms with E-state index in [9.17, 15) is 31.2 Å². The Morgan fingerprint density at radius 3 is 2.66 bits per heavy atom. The number of hydrogen-bond donors (Lipinski definition) is 2. The zero-order chi connectivity index (χ0) is 27.5. The molecule has 4 heterocycles. The summed E-state index contributed by atoms with van der Waals surface area (Å²) in [5.74, 6) is -2.09. The van der Waals surface area contributed by atoms with Crippen LogP contribution in [0, 0.1) is 0 Å². The average molecular weight is 599 g/mol. The molecule has 38 heavy (non-hydrogen) atoms. The predicted octanol–water partition coefficient (Wildman–Crippen LogP) is 1.43. The largest absolute Gasteiger partial charge is 0.344 e. The van der Waals surface area contributed by atoms with Gasteiger partial charge in [0.2, 0.25) is 5.91 Å². The van der Waals surface area contributed by atoms with Crippen molar-refractivity contribution in [3.8, 4) is 0 Å². The Morgan fingerprint density at radius 1 is 1.18 bits per heavy atom. The number of amides is 2. The van der Waals surface area contributed by atoms with Crippen molar-refractivity contribution in [3.63, 3.8) is 0 Å². The quantitative estimate of drug-likeness (QED) is 0.374. The molecule has 1 aliphatic rings. The Labute approximate surface area is 228 Å². The summed E-state index contributed by atoms with van der Waals surface area (Å²) in [6.07, 6.45) is 2.68. The molecule has 1 fully saturated rings. The number of sulfonamides is 1. The van der Waals surface area contributed by atoms with Gasteiger partial charge >= 0.3 is 0 Å². The Kier molecular flexibility index (Phi) is 8.62. The zero-order valence-electron chi connectivity index (χ0n) is 20.3. The van der Waals surface area contributed by atoms with E-state index in [2.05, 4.69) is 15.6 Å². The normalized spacial score (nSPS) is 18.1. The maximum atomic E-state index is 13.2. The lowest BCUT2D eigenvalue weighted by Gasteiger charge is -2.22. The molecule has 204 valence electrons. The molecule has 0 spiro atoms. The van der Waals surface area contributed by atoms with Crippen molar-refractivity contribution >= 4 is 69.5 Å². The van der Waals surface area contributed by atoms with Gasteiger partial charge in [-0.15, -0.1) is 22.7 Å². The summed E-state index contributed by atoms with van der Waals surface area (Å²) >= 11 is 2.73. The second kappa shape index (κ2) is 11.6. The molecular formula is C23H26N4O7S4. The number of nitrogens with one attached hydrogen (secondary N) is 2. The molecule has 0 aromatic carbocycles. The van der Waals surface area contributed by atoms with Crippen molar-refractivity contribution in [1.29, 1.82) is 0 Å². The molecule has 2 atom stereocenters. The van der Waals surface area contributed by atoms with Gasteiger partial charge in [-0.1, -0.05) is 6.07 Å². The third-order valence-corrected chi connectivity index (χ3v) is 10.8. The number of carbonyl (C=O) groups excluding carboxylic acids is 3. The second-order valence-corrected chi connectivity index (χ2v) is 15.1. The van der Waals surface area contributed by atoms with Crippen molar-refractivity contribution in [2.24, 2.45) is 0 Å². The molecule has 4 rings (SSSR count). The summed E-state index contributed by atoms with van der Waals surface area (Å²) in [5, 5.41) is 6.94. The van der Waals surface area contributed by atoms with E-state index in [-0.39, 0.29) is 30.2 Å². The Morgan fingerprint density at radius 2 is 1.97 bits per heavy atom. The van der Waals surface area contributed by atoms with E-state index in [1.54, 1.807) is 12.1 Å². The van der Waals surface area contributed by atoms with E-state index < -0.39 is 56.1 Å². The summed E-state index contributed by atoms with van der Waals surface area (Å²) in [7, 11) is -7.44. The molecule has 15 heteroatoms. The van der Waals surface area contributed by atoms with E-state index in [4.69, 9.17) is 0 Å². The highest BCUT2D eigenvalue weighted by atomic mass is 32.2. The summed E-state index contributed by atoms with van der Waals surface area (Å²) in [6, 6.07) is 5.85.